The second-order valence-corrected chi connectivity index (χ2v) is 8.74. The van der Waals surface area contributed by atoms with Crippen LogP contribution in [0.2, 0.25) is 0 Å². The fourth-order valence-corrected chi connectivity index (χ4v) is 3.90. The molecule has 1 amide bonds. The van der Waals surface area contributed by atoms with Gasteiger partial charge in [-0.15, -0.1) is 11.3 Å². The number of nitrogens with zero attached hydrogens (tertiary/aromatic N) is 3. The molecule has 0 unspecified atom stereocenters. The van der Waals surface area contributed by atoms with Gasteiger partial charge in [-0.25, -0.2) is 9.78 Å². The van der Waals surface area contributed by atoms with Crippen molar-refractivity contribution in [1.29, 1.82) is 0 Å². The molecule has 1 saturated heterocycles. The molecule has 1 fully saturated rings. The second kappa shape index (κ2) is 9.19. The van der Waals surface area contributed by atoms with Crippen LogP contribution in [0.15, 0.2) is 40.9 Å². The summed E-state index contributed by atoms with van der Waals surface area (Å²) in [6.45, 7) is 7.50. The van der Waals surface area contributed by atoms with Crippen molar-refractivity contribution in [2.75, 3.05) is 13.1 Å². The first-order valence-corrected chi connectivity index (χ1v) is 10.4. The molecule has 0 aliphatic carbocycles. The van der Waals surface area contributed by atoms with Crippen LogP contribution < -0.4 is 0 Å². The number of carbonyl (C=O) groups excluding carboxylic acids is 1. The lowest BCUT2D eigenvalue weighted by Crippen LogP contribution is -2.41. The number of rotatable bonds is 5. The molecule has 3 rings (SSSR count). The molecule has 1 aromatic heterocycles. The van der Waals surface area contributed by atoms with Gasteiger partial charge in [0.05, 0.1) is 16.9 Å². The number of hydrogen-bond acceptors (Lipinski definition) is 6. The number of hydrogen-bond donors (Lipinski definition) is 0. The molecule has 0 radical (unpaired) electrons. The molecule has 0 N–H and O–H groups in total. The minimum Gasteiger partial charge on any atom is -0.444 e. The molecule has 0 atom stereocenters. The topological polar surface area (TPSA) is 64.0 Å². The molecular weight excluding hydrogens is 374 g/mol. The Morgan fingerprint density at radius 3 is 2.68 bits per heavy atom. The van der Waals surface area contributed by atoms with Gasteiger partial charge >= 0.3 is 6.09 Å². The summed E-state index contributed by atoms with van der Waals surface area (Å²) in [6.07, 6.45) is 3.22. The summed E-state index contributed by atoms with van der Waals surface area (Å²) in [5.41, 5.74) is 1.43. The third-order valence-electron chi connectivity index (χ3n) is 4.37. The Hall–Kier alpha value is -2.41. The third kappa shape index (κ3) is 6.05. The van der Waals surface area contributed by atoms with Gasteiger partial charge in [0.2, 0.25) is 0 Å². The first kappa shape index (κ1) is 20.3. The smallest absolute Gasteiger partial charge is 0.410 e. The zero-order chi connectivity index (χ0) is 20.0. The molecule has 0 bridgehead atoms. The molecule has 150 valence electrons. The third-order valence-corrected chi connectivity index (χ3v) is 5.39. The van der Waals surface area contributed by atoms with E-state index in [9.17, 15) is 4.79 Å². The van der Waals surface area contributed by atoms with E-state index in [0.717, 1.165) is 29.1 Å². The Balaban J connectivity index is 1.45. The molecule has 2 aromatic rings. The van der Waals surface area contributed by atoms with Crippen LogP contribution >= 0.6 is 11.3 Å². The minimum atomic E-state index is -0.458. The highest BCUT2D eigenvalue weighted by molar-refractivity contribution is 7.09. The number of oxime groups is 1. The Morgan fingerprint density at radius 2 is 2.00 bits per heavy atom. The maximum Gasteiger partial charge on any atom is 0.410 e. The largest absolute Gasteiger partial charge is 0.444 e. The zero-order valence-electron chi connectivity index (χ0n) is 16.6. The van der Waals surface area contributed by atoms with Crippen LogP contribution in [0.5, 0.6) is 0 Å². The summed E-state index contributed by atoms with van der Waals surface area (Å²) in [6, 6.07) is 9.92. The Kier molecular flexibility index (Phi) is 6.67. The van der Waals surface area contributed by atoms with Gasteiger partial charge in [-0.05, 0) is 39.2 Å². The molecule has 7 heteroatoms. The van der Waals surface area contributed by atoms with Gasteiger partial charge in [-0.1, -0.05) is 35.5 Å². The molecule has 2 heterocycles. The van der Waals surface area contributed by atoms with Gasteiger partial charge in [0.15, 0.2) is 0 Å². The van der Waals surface area contributed by atoms with E-state index in [1.165, 1.54) is 0 Å². The van der Waals surface area contributed by atoms with Gasteiger partial charge in [0.1, 0.15) is 12.2 Å². The van der Waals surface area contributed by atoms with Crippen molar-refractivity contribution in [1.82, 2.24) is 9.88 Å². The first-order chi connectivity index (χ1) is 13.4. The van der Waals surface area contributed by atoms with E-state index < -0.39 is 5.60 Å². The van der Waals surface area contributed by atoms with Gasteiger partial charge in [0.25, 0.3) is 0 Å². The molecule has 1 aromatic carbocycles. The number of thiazole rings is 1. The van der Waals surface area contributed by atoms with Crippen molar-refractivity contribution in [2.45, 2.75) is 51.7 Å². The summed E-state index contributed by atoms with van der Waals surface area (Å²) in [7, 11) is 0. The van der Waals surface area contributed by atoms with Crippen molar-refractivity contribution in [3.05, 3.63) is 52.0 Å². The minimum absolute atomic E-state index is 0.228. The van der Waals surface area contributed by atoms with Crippen LogP contribution in [0.25, 0.3) is 0 Å². The summed E-state index contributed by atoms with van der Waals surface area (Å²) in [5.74, 6) is 0.371. The van der Waals surface area contributed by atoms with Gasteiger partial charge in [-0.3, -0.25) is 0 Å². The molecule has 0 saturated carbocycles. The van der Waals surface area contributed by atoms with Crippen LogP contribution in [0, 0.1) is 0 Å². The number of amides is 1. The highest BCUT2D eigenvalue weighted by Gasteiger charge is 2.28. The quantitative estimate of drug-likeness (QED) is 0.533. The van der Waals surface area contributed by atoms with Crippen molar-refractivity contribution < 1.29 is 14.4 Å². The molecule has 1 aliphatic rings. The van der Waals surface area contributed by atoms with E-state index in [0.29, 0.717) is 25.6 Å². The van der Waals surface area contributed by atoms with Crippen LogP contribution in [0.4, 0.5) is 4.79 Å². The zero-order valence-corrected chi connectivity index (χ0v) is 17.4. The number of aromatic nitrogens is 1. The summed E-state index contributed by atoms with van der Waals surface area (Å²) < 4.78 is 5.45. The first-order valence-electron chi connectivity index (χ1n) is 9.53. The molecule has 1 aliphatic heterocycles. The number of likely N-dealkylation sites (tertiary alicyclic amines) is 1. The van der Waals surface area contributed by atoms with E-state index in [1.807, 2.05) is 56.5 Å². The van der Waals surface area contributed by atoms with Crippen LogP contribution in [-0.4, -0.2) is 40.9 Å². The average molecular weight is 402 g/mol. The maximum absolute atomic E-state index is 12.2. The number of carbonyl (C=O) groups is 1. The normalized spacial score (nSPS) is 15.8. The van der Waals surface area contributed by atoms with Crippen molar-refractivity contribution >= 4 is 23.6 Å². The number of benzene rings is 1. The second-order valence-electron chi connectivity index (χ2n) is 7.85. The van der Waals surface area contributed by atoms with E-state index in [4.69, 9.17) is 9.57 Å². The van der Waals surface area contributed by atoms with Gasteiger partial charge < -0.3 is 14.5 Å². The number of piperidine rings is 1. The number of ether oxygens (including phenoxy) is 1. The Labute approximate surface area is 170 Å². The van der Waals surface area contributed by atoms with Crippen LogP contribution in [0.1, 0.15) is 55.8 Å². The lowest BCUT2D eigenvalue weighted by atomic mass is 9.98. The van der Waals surface area contributed by atoms with E-state index >= 15 is 0 Å². The fraction of sp³-hybridized carbons (Fsp3) is 0.476. The Bertz CT molecular complexity index is 791. The molecular formula is C21H27N3O3S. The summed E-state index contributed by atoms with van der Waals surface area (Å²) >= 11 is 1.64. The summed E-state index contributed by atoms with van der Waals surface area (Å²) in [5, 5.41) is 7.10. The molecule has 6 nitrogen and oxygen atoms in total. The van der Waals surface area contributed by atoms with Crippen molar-refractivity contribution in [3.8, 4) is 0 Å². The van der Waals surface area contributed by atoms with Crippen molar-refractivity contribution in [2.24, 2.45) is 5.16 Å². The fourth-order valence-electron chi connectivity index (χ4n) is 2.96. The van der Waals surface area contributed by atoms with E-state index in [1.54, 1.807) is 22.5 Å². The van der Waals surface area contributed by atoms with E-state index in [-0.39, 0.29) is 6.09 Å². The van der Waals surface area contributed by atoms with Crippen LogP contribution in [0.3, 0.4) is 0 Å². The SMILES string of the molecule is CC(C)(C)OC(=O)N1CCC(c2nc(C=NOCc3ccccc3)cs2)CC1. The average Bonchev–Trinajstić information content (AvgIpc) is 3.14. The lowest BCUT2D eigenvalue weighted by Gasteiger charge is -2.32. The predicted octanol–water partition coefficient (Wildman–Crippen LogP) is 4.81. The molecule has 28 heavy (non-hydrogen) atoms. The highest BCUT2D eigenvalue weighted by atomic mass is 32.1. The Morgan fingerprint density at radius 1 is 1.29 bits per heavy atom. The molecule has 0 spiro atoms. The summed E-state index contributed by atoms with van der Waals surface area (Å²) in [4.78, 5) is 24.0. The predicted molar refractivity (Wildman–Crippen MR) is 111 cm³/mol. The monoisotopic (exact) mass is 401 g/mol. The lowest BCUT2D eigenvalue weighted by molar-refractivity contribution is 0.0205. The van der Waals surface area contributed by atoms with Gasteiger partial charge in [-0.2, -0.15) is 0 Å². The highest BCUT2D eigenvalue weighted by Crippen LogP contribution is 2.30. The van der Waals surface area contributed by atoms with Crippen LogP contribution in [-0.2, 0) is 16.2 Å². The van der Waals surface area contributed by atoms with Gasteiger partial charge in [0, 0.05) is 24.4 Å². The standard InChI is InChI=1S/C21H27N3O3S/c1-21(2,3)27-20(25)24-11-9-17(10-12-24)19-23-18(15-28-19)13-22-26-14-16-7-5-4-6-8-16/h4-8,13,15,17H,9-12,14H2,1-3H3. The maximum atomic E-state index is 12.2. The van der Waals surface area contributed by atoms with Crippen molar-refractivity contribution in [3.63, 3.8) is 0 Å². The van der Waals surface area contributed by atoms with E-state index in [2.05, 4.69) is 10.1 Å².